The van der Waals surface area contributed by atoms with Crippen LogP contribution in [0.15, 0.2) is 0 Å². The molecule has 2 heteroatoms. The largest absolute Gasteiger partial charge is 0.392 e. The molecular formula is C11H12O2. The molecule has 0 unspecified atom stereocenters. The first kappa shape index (κ1) is 6.18. The maximum Gasteiger partial charge on any atom is 0.140 e. The van der Waals surface area contributed by atoms with E-state index in [1.807, 2.05) is 0 Å². The summed E-state index contributed by atoms with van der Waals surface area (Å²) in [4.78, 5) is 11.9. The molecule has 0 amide bonds. The van der Waals surface area contributed by atoms with Gasteiger partial charge in [-0.05, 0) is 41.9 Å². The second kappa shape index (κ2) is 1.40. The fraction of sp³-hybridized carbons (Fsp3) is 0.909. The Morgan fingerprint density at radius 2 is 1.85 bits per heavy atom. The normalized spacial score (nSPS) is 79.8. The van der Waals surface area contributed by atoms with E-state index < -0.39 is 0 Å². The van der Waals surface area contributed by atoms with Crippen molar-refractivity contribution in [1.29, 1.82) is 0 Å². The van der Waals surface area contributed by atoms with Crippen LogP contribution in [0.5, 0.6) is 0 Å². The molecule has 2 nitrogen and oxygen atoms in total. The lowest BCUT2D eigenvalue weighted by Crippen LogP contribution is -2.49. The van der Waals surface area contributed by atoms with Crippen LogP contribution in [0.25, 0.3) is 0 Å². The summed E-state index contributed by atoms with van der Waals surface area (Å²) in [7, 11) is 0. The van der Waals surface area contributed by atoms with Gasteiger partial charge in [0.15, 0.2) is 0 Å². The van der Waals surface area contributed by atoms with Gasteiger partial charge in [-0.25, -0.2) is 0 Å². The first-order valence-corrected chi connectivity index (χ1v) is 5.52. The zero-order chi connectivity index (χ0) is 8.48. The summed E-state index contributed by atoms with van der Waals surface area (Å²) in [5.41, 5.74) is 0. The minimum Gasteiger partial charge on any atom is -0.392 e. The summed E-state index contributed by atoms with van der Waals surface area (Å²) in [5.74, 6) is 4.97. The molecule has 0 aromatic carbocycles. The first-order valence-electron chi connectivity index (χ1n) is 5.52. The molecule has 0 aromatic rings. The molecule has 0 radical (unpaired) electrons. The Morgan fingerprint density at radius 1 is 1.00 bits per heavy atom. The van der Waals surface area contributed by atoms with Gasteiger partial charge in [0.25, 0.3) is 0 Å². The zero-order valence-corrected chi connectivity index (χ0v) is 7.26. The Balaban J connectivity index is 1.87. The van der Waals surface area contributed by atoms with Gasteiger partial charge in [0.05, 0.1) is 6.10 Å². The number of rotatable bonds is 0. The lowest BCUT2D eigenvalue weighted by atomic mass is 9.59. The number of Topliss-reactive ketones (excluding diaryl/α,β-unsaturated/α-hetero) is 1. The van der Waals surface area contributed by atoms with Crippen molar-refractivity contribution in [2.75, 3.05) is 0 Å². The third kappa shape index (κ3) is 0.349. The van der Waals surface area contributed by atoms with Crippen LogP contribution in [0.3, 0.4) is 0 Å². The van der Waals surface area contributed by atoms with E-state index in [0.717, 1.165) is 17.8 Å². The van der Waals surface area contributed by atoms with Crippen molar-refractivity contribution in [3.63, 3.8) is 0 Å². The predicted octanol–water partition coefficient (Wildman–Crippen LogP) is 0.304. The molecule has 9 atom stereocenters. The van der Waals surface area contributed by atoms with Crippen LogP contribution in [-0.2, 0) is 4.79 Å². The van der Waals surface area contributed by atoms with E-state index >= 15 is 0 Å². The molecule has 5 aliphatic rings. The predicted molar refractivity (Wildman–Crippen MR) is 43.6 cm³/mol. The summed E-state index contributed by atoms with van der Waals surface area (Å²) in [6, 6.07) is 0. The molecule has 0 spiro atoms. The van der Waals surface area contributed by atoms with Crippen molar-refractivity contribution in [2.24, 2.45) is 47.3 Å². The molecule has 68 valence electrons. The van der Waals surface area contributed by atoms with Crippen LogP contribution < -0.4 is 0 Å². The van der Waals surface area contributed by atoms with Crippen LogP contribution in [0, 0.1) is 47.3 Å². The fourth-order valence-corrected chi connectivity index (χ4v) is 6.11. The Kier molecular flexibility index (Phi) is 0.666. The van der Waals surface area contributed by atoms with E-state index in [1.165, 1.54) is 6.42 Å². The Bertz CT molecular complexity index is 350. The average molecular weight is 176 g/mol. The molecule has 5 fully saturated rings. The molecule has 1 N–H and O–H groups in total. The van der Waals surface area contributed by atoms with Crippen molar-refractivity contribution < 1.29 is 9.90 Å². The highest BCUT2D eigenvalue weighted by molar-refractivity contribution is 5.91. The summed E-state index contributed by atoms with van der Waals surface area (Å²) < 4.78 is 0. The maximum atomic E-state index is 11.9. The van der Waals surface area contributed by atoms with Gasteiger partial charge in [-0.3, -0.25) is 4.79 Å². The van der Waals surface area contributed by atoms with E-state index in [0.29, 0.717) is 35.4 Å². The van der Waals surface area contributed by atoms with E-state index in [2.05, 4.69) is 0 Å². The lowest BCUT2D eigenvalue weighted by molar-refractivity contribution is -0.141. The molecule has 0 heterocycles. The smallest absolute Gasteiger partial charge is 0.140 e. The summed E-state index contributed by atoms with van der Waals surface area (Å²) >= 11 is 0. The standard InChI is InChI=1S/C11H12O2/c12-10-6-2-1-3-5-4(2)8(10)9(5)11(13)7(3)6/h2-10,12H,1H2/t2-,3+,4-,5+,6-,7-,8-,9-,10-/m1/s1. The minimum atomic E-state index is -0.0913. The Morgan fingerprint density at radius 3 is 2.69 bits per heavy atom. The number of fused-ring (bicyclic) bond motifs is 2. The second-order valence-electron chi connectivity index (χ2n) is 5.82. The summed E-state index contributed by atoms with van der Waals surface area (Å²) in [6.45, 7) is 0. The molecule has 5 saturated carbocycles. The highest BCUT2D eigenvalue weighted by Crippen LogP contribution is 2.81. The van der Waals surface area contributed by atoms with Crippen LogP contribution in [0.4, 0.5) is 0 Å². The molecule has 0 saturated heterocycles. The number of ketones is 1. The number of hydrogen-bond donors (Lipinski definition) is 1. The topological polar surface area (TPSA) is 37.3 Å². The molecule has 5 rings (SSSR count). The van der Waals surface area contributed by atoms with Gasteiger partial charge in [0.1, 0.15) is 5.78 Å². The van der Waals surface area contributed by atoms with Crippen molar-refractivity contribution in [3.8, 4) is 0 Å². The molecule has 0 aliphatic heterocycles. The van der Waals surface area contributed by atoms with Crippen molar-refractivity contribution in [2.45, 2.75) is 12.5 Å². The van der Waals surface area contributed by atoms with Crippen molar-refractivity contribution >= 4 is 5.78 Å². The Labute approximate surface area is 76.3 Å². The maximum absolute atomic E-state index is 11.9. The van der Waals surface area contributed by atoms with Gasteiger partial charge in [-0.1, -0.05) is 0 Å². The van der Waals surface area contributed by atoms with Gasteiger partial charge in [0, 0.05) is 11.8 Å². The van der Waals surface area contributed by atoms with Crippen molar-refractivity contribution in [1.82, 2.24) is 0 Å². The number of hydrogen-bond acceptors (Lipinski definition) is 2. The van der Waals surface area contributed by atoms with E-state index in [4.69, 9.17) is 0 Å². The van der Waals surface area contributed by atoms with Gasteiger partial charge in [-0.2, -0.15) is 0 Å². The average Bonchev–Trinajstić information content (AvgIpc) is 2.52. The van der Waals surface area contributed by atoms with Crippen LogP contribution >= 0.6 is 0 Å². The van der Waals surface area contributed by atoms with Crippen LogP contribution in [0.1, 0.15) is 6.42 Å². The number of carbonyl (C=O) groups is 1. The lowest BCUT2D eigenvalue weighted by Gasteiger charge is -2.45. The second-order valence-corrected chi connectivity index (χ2v) is 5.82. The highest BCUT2D eigenvalue weighted by atomic mass is 16.3. The number of carbonyl (C=O) groups excluding carboxylic acids is 1. The number of aliphatic hydroxyl groups is 1. The summed E-state index contributed by atoms with van der Waals surface area (Å²) in [5, 5.41) is 10.1. The first-order chi connectivity index (χ1) is 6.30. The van der Waals surface area contributed by atoms with Crippen LogP contribution in [0.2, 0.25) is 0 Å². The fourth-order valence-electron chi connectivity index (χ4n) is 6.11. The third-order valence-electron chi connectivity index (χ3n) is 6.07. The van der Waals surface area contributed by atoms with Gasteiger partial charge in [-0.15, -0.1) is 0 Å². The molecule has 0 aromatic heterocycles. The highest BCUT2D eigenvalue weighted by Gasteiger charge is 2.83. The van der Waals surface area contributed by atoms with Gasteiger partial charge >= 0.3 is 0 Å². The molecule has 13 heavy (non-hydrogen) atoms. The van der Waals surface area contributed by atoms with Crippen LogP contribution in [-0.4, -0.2) is 17.0 Å². The Hall–Kier alpha value is -0.370. The van der Waals surface area contributed by atoms with E-state index in [1.54, 1.807) is 0 Å². The van der Waals surface area contributed by atoms with Crippen molar-refractivity contribution in [3.05, 3.63) is 0 Å². The zero-order valence-electron chi connectivity index (χ0n) is 7.26. The van der Waals surface area contributed by atoms with E-state index in [-0.39, 0.29) is 6.10 Å². The van der Waals surface area contributed by atoms with Gasteiger partial charge in [0.2, 0.25) is 0 Å². The minimum absolute atomic E-state index is 0.0913. The summed E-state index contributed by atoms with van der Waals surface area (Å²) in [6.07, 6.45) is 1.19. The SMILES string of the molecule is O=C1[C@@H]2[C@H]3C[C@@H]4[C@@H]5[C@H]3[C@@H]1[C@@H]5[C@H](O)[C@H]42. The molecular weight excluding hydrogens is 164 g/mol. The number of aliphatic hydroxyl groups excluding tert-OH is 1. The third-order valence-corrected chi connectivity index (χ3v) is 6.07. The molecule has 2 bridgehead atoms. The molecule has 5 aliphatic carbocycles. The van der Waals surface area contributed by atoms with Gasteiger partial charge < -0.3 is 5.11 Å². The quantitative estimate of drug-likeness (QED) is 0.576. The van der Waals surface area contributed by atoms with E-state index in [9.17, 15) is 9.90 Å². The monoisotopic (exact) mass is 176 g/mol.